The first-order valence-electron chi connectivity index (χ1n) is 7.91. The quantitative estimate of drug-likeness (QED) is 0.705. The Balaban J connectivity index is 1.79. The van der Waals surface area contributed by atoms with Gasteiger partial charge in [-0.15, -0.1) is 0 Å². The highest BCUT2D eigenvalue weighted by Crippen LogP contribution is 2.23. The maximum atomic E-state index is 12.4. The van der Waals surface area contributed by atoms with E-state index in [2.05, 4.69) is 20.4 Å². The Morgan fingerprint density at radius 2 is 2.24 bits per heavy atom. The lowest BCUT2D eigenvalue weighted by molar-refractivity contribution is 0.0913. The van der Waals surface area contributed by atoms with E-state index in [1.807, 2.05) is 19.9 Å². The SMILES string of the molecule is CC(C)C(NC(=O)c1coc(CN)c1)c1nc(-c2cccnc2)no1. The minimum Gasteiger partial charge on any atom is -0.467 e. The number of amides is 1. The van der Waals surface area contributed by atoms with Gasteiger partial charge in [-0.1, -0.05) is 19.0 Å². The van der Waals surface area contributed by atoms with Crippen molar-refractivity contribution in [3.63, 3.8) is 0 Å². The lowest BCUT2D eigenvalue weighted by Crippen LogP contribution is -2.31. The first kappa shape index (κ1) is 16.8. The number of rotatable bonds is 6. The molecule has 1 atom stereocenters. The summed E-state index contributed by atoms with van der Waals surface area (Å²) in [6, 6.07) is 4.81. The van der Waals surface area contributed by atoms with Gasteiger partial charge >= 0.3 is 0 Å². The van der Waals surface area contributed by atoms with Crippen LogP contribution in [-0.4, -0.2) is 21.0 Å². The van der Waals surface area contributed by atoms with Crippen LogP contribution >= 0.6 is 0 Å². The molecule has 25 heavy (non-hydrogen) atoms. The summed E-state index contributed by atoms with van der Waals surface area (Å²) in [6.07, 6.45) is 4.70. The van der Waals surface area contributed by atoms with Crippen molar-refractivity contribution < 1.29 is 13.7 Å². The topological polar surface area (TPSA) is 120 Å². The minimum atomic E-state index is -0.429. The lowest BCUT2D eigenvalue weighted by Gasteiger charge is -2.17. The number of aromatic nitrogens is 3. The largest absolute Gasteiger partial charge is 0.467 e. The number of nitrogens with one attached hydrogen (secondary N) is 1. The number of nitrogens with two attached hydrogens (primary N) is 1. The van der Waals surface area contributed by atoms with E-state index in [4.69, 9.17) is 14.7 Å². The first-order valence-corrected chi connectivity index (χ1v) is 7.91. The molecule has 0 saturated heterocycles. The molecular weight excluding hydrogens is 322 g/mol. The van der Waals surface area contributed by atoms with Crippen LogP contribution in [0, 0.1) is 5.92 Å². The second-order valence-corrected chi connectivity index (χ2v) is 5.90. The fourth-order valence-corrected chi connectivity index (χ4v) is 2.32. The van der Waals surface area contributed by atoms with Crippen LogP contribution in [0.15, 0.2) is 45.8 Å². The van der Waals surface area contributed by atoms with Gasteiger partial charge in [-0.2, -0.15) is 4.98 Å². The molecule has 0 aromatic carbocycles. The molecule has 0 aliphatic heterocycles. The Bertz CT molecular complexity index is 841. The molecule has 0 saturated carbocycles. The highest BCUT2D eigenvalue weighted by molar-refractivity contribution is 5.94. The summed E-state index contributed by atoms with van der Waals surface area (Å²) < 4.78 is 10.6. The van der Waals surface area contributed by atoms with Crippen LogP contribution in [0.3, 0.4) is 0 Å². The van der Waals surface area contributed by atoms with Gasteiger partial charge in [-0.3, -0.25) is 9.78 Å². The summed E-state index contributed by atoms with van der Waals surface area (Å²) in [5.41, 5.74) is 6.64. The number of nitrogens with zero attached hydrogens (tertiary/aromatic N) is 3. The average molecular weight is 341 g/mol. The third-order valence-corrected chi connectivity index (χ3v) is 3.70. The number of carbonyl (C=O) groups is 1. The molecule has 8 heteroatoms. The van der Waals surface area contributed by atoms with Crippen molar-refractivity contribution in [2.45, 2.75) is 26.4 Å². The van der Waals surface area contributed by atoms with Gasteiger partial charge in [0, 0.05) is 18.0 Å². The van der Waals surface area contributed by atoms with E-state index < -0.39 is 6.04 Å². The molecule has 0 aliphatic rings. The summed E-state index contributed by atoms with van der Waals surface area (Å²) in [7, 11) is 0. The van der Waals surface area contributed by atoms with E-state index in [9.17, 15) is 4.79 Å². The van der Waals surface area contributed by atoms with Crippen molar-refractivity contribution in [3.8, 4) is 11.4 Å². The second-order valence-electron chi connectivity index (χ2n) is 5.90. The number of pyridine rings is 1. The molecule has 8 nitrogen and oxygen atoms in total. The standard InChI is InChI=1S/C17H19N5O3/c1-10(2)14(20-16(23)12-6-13(7-18)24-9-12)17-21-15(22-25-17)11-4-3-5-19-8-11/h3-6,8-10,14H,7,18H2,1-2H3,(H,20,23). The Kier molecular flexibility index (Phi) is 4.90. The van der Waals surface area contributed by atoms with Gasteiger partial charge in [0.15, 0.2) is 0 Å². The number of furan rings is 1. The van der Waals surface area contributed by atoms with E-state index in [1.54, 1.807) is 24.5 Å². The molecule has 3 heterocycles. The monoisotopic (exact) mass is 341 g/mol. The molecule has 1 unspecified atom stereocenters. The van der Waals surface area contributed by atoms with Gasteiger partial charge in [0.2, 0.25) is 11.7 Å². The summed E-state index contributed by atoms with van der Waals surface area (Å²) in [5, 5.41) is 6.87. The molecule has 0 radical (unpaired) electrons. The van der Waals surface area contributed by atoms with Crippen LogP contribution < -0.4 is 11.1 Å². The molecule has 0 spiro atoms. The van der Waals surface area contributed by atoms with Crippen LogP contribution in [0.25, 0.3) is 11.4 Å². The van der Waals surface area contributed by atoms with Crippen molar-refractivity contribution >= 4 is 5.91 Å². The van der Waals surface area contributed by atoms with Crippen molar-refractivity contribution in [3.05, 3.63) is 54.1 Å². The molecule has 3 rings (SSSR count). The highest BCUT2D eigenvalue weighted by atomic mass is 16.5. The number of hydrogen-bond donors (Lipinski definition) is 2. The lowest BCUT2D eigenvalue weighted by atomic mass is 10.0. The van der Waals surface area contributed by atoms with Crippen LogP contribution in [0.1, 0.15) is 41.9 Å². The summed E-state index contributed by atoms with van der Waals surface area (Å²) >= 11 is 0. The molecular formula is C17H19N5O3. The molecule has 0 bridgehead atoms. The first-order chi connectivity index (χ1) is 12.1. The Morgan fingerprint density at radius 1 is 1.40 bits per heavy atom. The zero-order chi connectivity index (χ0) is 17.8. The fourth-order valence-electron chi connectivity index (χ4n) is 2.32. The Hall–Kier alpha value is -3.00. The number of hydrogen-bond acceptors (Lipinski definition) is 7. The van der Waals surface area contributed by atoms with E-state index in [0.717, 1.165) is 5.56 Å². The summed E-state index contributed by atoms with van der Waals surface area (Å²) in [4.78, 5) is 20.9. The van der Waals surface area contributed by atoms with Crippen LogP contribution in [0.5, 0.6) is 0 Å². The van der Waals surface area contributed by atoms with Crippen LogP contribution in [0.4, 0.5) is 0 Å². The third-order valence-electron chi connectivity index (χ3n) is 3.70. The average Bonchev–Trinajstić information content (AvgIpc) is 3.29. The smallest absolute Gasteiger partial charge is 0.255 e. The molecule has 0 aliphatic carbocycles. The van der Waals surface area contributed by atoms with Gasteiger partial charge in [0.25, 0.3) is 5.91 Å². The van der Waals surface area contributed by atoms with Crippen molar-refractivity contribution in [1.29, 1.82) is 0 Å². The maximum Gasteiger partial charge on any atom is 0.255 e. The second kappa shape index (κ2) is 7.27. The molecule has 130 valence electrons. The van der Waals surface area contributed by atoms with E-state index in [-0.39, 0.29) is 18.4 Å². The number of carbonyl (C=O) groups excluding carboxylic acids is 1. The molecule has 0 fully saturated rings. The predicted octanol–water partition coefficient (Wildman–Crippen LogP) is 2.31. The van der Waals surface area contributed by atoms with Gasteiger partial charge in [0.05, 0.1) is 12.1 Å². The van der Waals surface area contributed by atoms with Gasteiger partial charge < -0.3 is 20.0 Å². The molecule has 3 aromatic heterocycles. The normalized spacial score (nSPS) is 12.3. The van der Waals surface area contributed by atoms with Gasteiger partial charge in [-0.05, 0) is 24.1 Å². The van der Waals surface area contributed by atoms with Crippen LogP contribution in [-0.2, 0) is 6.54 Å². The maximum absolute atomic E-state index is 12.4. The fraction of sp³-hybridized carbons (Fsp3) is 0.294. The zero-order valence-electron chi connectivity index (χ0n) is 14.0. The minimum absolute atomic E-state index is 0.0482. The Morgan fingerprint density at radius 3 is 2.88 bits per heavy atom. The highest BCUT2D eigenvalue weighted by Gasteiger charge is 2.26. The summed E-state index contributed by atoms with van der Waals surface area (Å²) in [5.74, 6) is 1.07. The molecule has 3 aromatic rings. The predicted molar refractivity (Wildman–Crippen MR) is 89.2 cm³/mol. The molecule has 3 N–H and O–H groups in total. The van der Waals surface area contributed by atoms with Crippen molar-refractivity contribution in [2.75, 3.05) is 0 Å². The van der Waals surface area contributed by atoms with E-state index in [0.29, 0.717) is 23.0 Å². The van der Waals surface area contributed by atoms with Crippen LogP contribution in [0.2, 0.25) is 0 Å². The van der Waals surface area contributed by atoms with Gasteiger partial charge in [0.1, 0.15) is 18.1 Å². The van der Waals surface area contributed by atoms with Gasteiger partial charge in [-0.25, -0.2) is 0 Å². The van der Waals surface area contributed by atoms with E-state index in [1.165, 1.54) is 6.26 Å². The van der Waals surface area contributed by atoms with Crippen molar-refractivity contribution in [1.82, 2.24) is 20.4 Å². The summed E-state index contributed by atoms with van der Waals surface area (Å²) in [6.45, 7) is 4.15. The van der Waals surface area contributed by atoms with Crippen molar-refractivity contribution in [2.24, 2.45) is 11.7 Å². The Labute approximate surface area is 144 Å². The molecule has 1 amide bonds. The third kappa shape index (κ3) is 3.74. The van der Waals surface area contributed by atoms with E-state index >= 15 is 0 Å². The zero-order valence-corrected chi connectivity index (χ0v) is 14.0.